The highest BCUT2D eigenvalue weighted by molar-refractivity contribution is 6.31. The van der Waals surface area contributed by atoms with Gasteiger partial charge in [-0.05, 0) is 224 Å². The van der Waals surface area contributed by atoms with E-state index in [2.05, 4.69) is 183 Å². The summed E-state index contributed by atoms with van der Waals surface area (Å²) in [6, 6.07) is 61.1. The Hall–Kier alpha value is -10.8. The molecule has 0 aliphatic heterocycles. The molecule has 8 heterocycles. The van der Waals surface area contributed by atoms with Gasteiger partial charge in [0, 0.05) is 115 Å². The molecule has 0 aliphatic rings. The quantitative estimate of drug-likeness (QED) is 0.0751. The molecule has 109 heavy (non-hydrogen) atoms. The van der Waals surface area contributed by atoms with Gasteiger partial charge >= 0.3 is 0 Å². The molecule has 0 radical (unpaired) electrons. The molecular formula is C91H102Cl2F3N13. The largest absolute Gasteiger partial charge is 0.347 e. The average molecular weight is 1510 g/mol. The van der Waals surface area contributed by atoms with E-state index in [1.807, 2.05) is 107 Å². The van der Waals surface area contributed by atoms with Crippen LogP contribution in [0.15, 0.2) is 232 Å². The molecule has 18 heteroatoms. The Morgan fingerprint density at radius 3 is 0.945 bits per heavy atom. The van der Waals surface area contributed by atoms with E-state index in [1.54, 1.807) is 30.9 Å². The summed E-state index contributed by atoms with van der Waals surface area (Å²) in [6.07, 6.45) is 29.7. The zero-order valence-electron chi connectivity index (χ0n) is 64.3. The summed E-state index contributed by atoms with van der Waals surface area (Å²) in [7, 11) is 0. The van der Waals surface area contributed by atoms with Crippen molar-refractivity contribution in [1.29, 1.82) is 10.5 Å². The van der Waals surface area contributed by atoms with E-state index in [1.165, 1.54) is 99.6 Å². The lowest BCUT2D eigenvalue weighted by molar-refractivity contribution is 0.622. The number of imidazole rings is 3. The Kier molecular flexibility index (Phi) is 32.2. The maximum atomic E-state index is 13.0. The SMILES string of the molecule is CCCCn1ccc2ccc(C#N)cc21.CCCCn1ccc2ccc(Cl)cc21.CCCCn1ccc2ccc(F)cc21.CCCCn1cnc2ccc(F)cc21.CCCn1ccc2ccc(C#N)cc21.CCCn1ccc2ccc(Cl)cc21.CCCn1cnc2ccc(F)cc21.CCCn1cnc2ccccc21. The van der Waals surface area contributed by atoms with E-state index in [0.717, 1.165) is 169 Å². The third-order valence-electron chi connectivity index (χ3n) is 18.6. The fraction of sp³-hybridized carbons (Fsp3) is 0.308. The van der Waals surface area contributed by atoms with Crippen molar-refractivity contribution in [3.05, 3.63) is 271 Å². The molecule has 16 rings (SSSR count). The second-order valence-electron chi connectivity index (χ2n) is 26.9. The summed E-state index contributed by atoms with van der Waals surface area (Å²) in [6.45, 7) is 25.3. The lowest BCUT2D eigenvalue weighted by atomic mass is 10.2. The van der Waals surface area contributed by atoms with Crippen molar-refractivity contribution in [2.75, 3.05) is 0 Å². The molecule has 0 unspecified atom stereocenters. The maximum Gasteiger partial charge on any atom is 0.125 e. The van der Waals surface area contributed by atoms with E-state index in [0.29, 0.717) is 0 Å². The Morgan fingerprint density at radius 2 is 0.569 bits per heavy atom. The molecular weight excluding hydrogens is 1400 g/mol. The zero-order chi connectivity index (χ0) is 77.4. The molecule has 0 amide bonds. The van der Waals surface area contributed by atoms with Crippen LogP contribution in [-0.4, -0.2) is 51.5 Å². The van der Waals surface area contributed by atoms with Crippen LogP contribution < -0.4 is 0 Å². The fourth-order valence-electron chi connectivity index (χ4n) is 12.8. The van der Waals surface area contributed by atoms with Gasteiger partial charge in [0.2, 0.25) is 0 Å². The first-order valence-electron chi connectivity index (χ1n) is 38.5. The number of aromatic nitrogens is 11. The topological polar surface area (TPSA) is 126 Å². The highest BCUT2D eigenvalue weighted by Gasteiger charge is 2.09. The maximum absolute atomic E-state index is 13.0. The van der Waals surface area contributed by atoms with Gasteiger partial charge < -0.3 is 36.5 Å². The van der Waals surface area contributed by atoms with Crippen LogP contribution >= 0.6 is 23.2 Å². The minimum Gasteiger partial charge on any atom is -0.347 e. The molecule has 13 nitrogen and oxygen atoms in total. The zero-order valence-corrected chi connectivity index (χ0v) is 65.8. The first-order valence-corrected chi connectivity index (χ1v) is 39.2. The van der Waals surface area contributed by atoms with Crippen molar-refractivity contribution in [1.82, 2.24) is 51.5 Å². The van der Waals surface area contributed by atoms with Crippen LogP contribution in [-0.2, 0) is 52.4 Å². The molecule has 566 valence electrons. The van der Waals surface area contributed by atoms with Gasteiger partial charge in [-0.3, -0.25) is 0 Å². The molecule has 0 atom stereocenters. The molecule has 0 saturated carbocycles. The molecule has 0 saturated heterocycles. The second kappa shape index (κ2) is 42.7. The molecule has 0 aliphatic carbocycles. The minimum absolute atomic E-state index is 0.158. The van der Waals surface area contributed by atoms with Crippen molar-refractivity contribution in [2.45, 2.75) is 185 Å². The first kappa shape index (κ1) is 82.3. The number of hydrogen-bond donors (Lipinski definition) is 0. The minimum atomic E-state index is -0.203. The standard InChI is InChI=1S/C13H14N2.C12H14ClN.C12H14FN.C12H12N2.C11H12ClN.C11H13FN2.C10H11FN2.C10H12N2/c1-2-3-7-15-8-6-12-5-4-11(10-14)9-13(12)15;2*1-2-3-7-14-8-6-10-4-5-11(13)9-12(10)14;1-2-6-14-7-5-11-4-3-10(9-13)8-12(11)14;1-2-6-13-7-5-9-3-4-10(12)8-11(9)13;1-2-3-6-14-8-13-10-5-4-9(12)7-11(10)14;1-2-5-13-7-12-9-4-3-8(11)6-10(9)13;1-2-7-12-8-11-9-5-3-4-6-10(9)12/h4-6,8-9H,2-3,7H2,1H3;2*4-6,8-9H,2-3,7H2,1H3;3-5,7-8H,2,6H2,1H3;3-5,7-8H,2,6H2,1H3;4-5,7-8H,2-3,6H2,1H3;3-4,6-7H,2,5H2,1H3;3-6,8H,2,7H2,1H3. The number of fused-ring (bicyclic) bond motifs is 8. The number of benzene rings is 8. The molecule has 16 aromatic rings. The number of halogens is 5. The number of para-hydroxylation sites is 2. The number of nitriles is 2. The predicted molar refractivity (Wildman–Crippen MR) is 449 cm³/mol. The van der Waals surface area contributed by atoms with E-state index in [-0.39, 0.29) is 17.5 Å². The third-order valence-corrected chi connectivity index (χ3v) is 19.0. The number of rotatable bonds is 20. The van der Waals surface area contributed by atoms with Crippen molar-refractivity contribution in [2.24, 2.45) is 0 Å². The smallest absolute Gasteiger partial charge is 0.125 e. The van der Waals surface area contributed by atoms with Crippen molar-refractivity contribution >= 4 is 111 Å². The highest BCUT2D eigenvalue weighted by atomic mass is 35.5. The molecule has 0 bridgehead atoms. The van der Waals surface area contributed by atoms with Gasteiger partial charge in [-0.2, -0.15) is 10.5 Å². The molecule has 0 fully saturated rings. The highest BCUT2D eigenvalue weighted by Crippen LogP contribution is 2.25. The molecule has 0 spiro atoms. The number of hydrogen-bond acceptors (Lipinski definition) is 5. The Bertz CT molecular complexity index is 5270. The summed E-state index contributed by atoms with van der Waals surface area (Å²) in [5, 5.41) is 25.3. The van der Waals surface area contributed by atoms with E-state index < -0.39 is 0 Å². The molecule has 8 aromatic heterocycles. The summed E-state index contributed by atoms with van der Waals surface area (Å²) in [4.78, 5) is 12.7. The van der Waals surface area contributed by atoms with Crippen molar-refractivity contribution in [3.8, 4) is 12.1 Å². The normalized spacial score (nSPS) is 10.8. The van der Waals surface area contributed by atoms with Gasteiger partial charge in [-0.1, -0.05) is 141 Å². The third kappa shape index (κ3) is 23.1. The summed E-state index contributed by atoms with van der Waals surface area (Å²) in [5.74, 6) is -0.560. The van der Waals surface area contributed by atoms with E-state index in [9.17, 15) is 13.2 Å². The second-order valence-corrected chi connectivity index (χ2v) is 27.8. The Labute approximate surface area is 649 Å². The van der Waals surface area contributed by atoms with Gasteiger partial charge in [-0.15, -0.1) is 0 Å². The lowest BCUT2D eigenvalue weighted by Crippen LogP contribution is -1.95. The first-order chi connectivity index (χ1) is 53.2. The van der Waals surface area contributed by atoms with Crippen LogP contribution in [0.2, 0.25) is 10.0 Å². The van der Waals surface area contributed by atoms with Crippen LogP contribution in [0, 0.1) is 40.1 Å². The Balaban J connectivity index is 0.000000144. The molecule has 0 N–H and O–H groups in total. The van der Waals surface area contributed by atoms with Crippen LogP contribution in [0.1, 0.15) is 144 Å². The summed E-state index contributed by atoms with van der Waals surface area (Å²) < 4.78 is 56.1. The predicted octanol–water partition coefficient (Wildman–Crippen LogP) is 25.6. The summed E-state index contributed by atoms with van der Waals surface area (Å²) in [5.41, 5.74) is 13.1. The monoisotopic (exact) mass is 1500 g/mol. The van der Waals surface area contributed by atoms with Gasteiger partial charge in [0.05, 0.1) is 80.9 Å². The number of aryl methyl sites for hydroxylation is 8. The van der Waals surface area contributed by atoms with Crippen LogP contribution in [0.25, 0.3) is 87.6 Å². The molecule has 8 aromatic carbocycles. The van der Waals surface area contributed by atoms with Gasteiger partial charge in [0.15, 0.2) is 0 Å². The number of nitrogens with zero attached hydrogens (tertiary/aromatic N) is 13. The van der Waals surface area contributed by atoms with E-state index >= 15 is 0 Å². The van der Waals surface area contributed by atoms with Crippen molar-refractivity contribution in [3.63, 3.8) is 0 Å². The van der Waals surface area contributed by atoms with Crippen molar-refractivity contribution < 1.29 is 13.2 Å². The summed E-state index contributed by atoms with van der Waals surface area (Å²) >= 11 is 11.9. The van der Waals surface area contributed by atoms with Crippen LogP contribution in [0.5, 0.6) is 0 Å². The van der Waals surface area contributed by atoms with Gasteiger partial charge in [0.25, 0.3) is 0 Å². The lowest BCUT2D eigenvalue weighted by Gasteiger charge is -2.03. The average Bonchev–Trinajstić information content (AvgIpc) is 1.98. The number of unbranched alkanes of at least 4 members (excludes halogenated alkanes) is 4. The fourth-order valence-corrected chi connectivity index (χ4v) is 13.2. The van der Waals surface area contributed by atoms with Crippen LogP contribution in [0.4, 0.5) is 13.2 Å². The van der Waals surface area contributed by atoms with Gasteiger partial charge in [0.1, 0.15) is 17.5 Å². The van der Waals surface area contributed by atoms with Crippen LogP contribution in [0.3, 0.4) is 0 Å². The van der Waals surface area contributed by atoms with E-state index in [4.69, 9.17) is 33.7 Å². The Morgan fingerprint density at radius 1 is 0.284 bits per heavy atom. The van der Waals surface area contributed by atoms with Gasteiger partial charge in [-0.25, -0.2) is 28.1 Å².